The minimum atomic E-state index is 0.326. The molecule has 0 saturated heterocycles. The van der Waals surface area contributed by atoms with E-state index < -0.39 is 0 Å². The summed E-state index contributed by atoms with van der Waals surface area (Å²) in [6.07, 6.45) is 0. The lowest BCUT2D eigenvalue weighted by molar-refractivity contribution is 0.340. The average molecular weight is 271 g/mol. The lowest BCUT2D eigenvalue weighted by atomic mass is 10.1. The van der Waals surface area contributed by atoms with E-state index in [-0.39, 0.29) is 0 Å². The predicted molar refractivity (Wildman–Crippen MR) is 82.5 cm³/mol. The van der Waals surface area contributed by atoms with Crippen LogP contribution in [-0.4, -0.2) is 11.7 Å². The molecule has 106 valence electrons. The second-order valence-corrected chi connectivity index (χ2v) is 4.90. The van der Waals surface area contributed by atoms with Gasteiger partial charge in [-0.2, -0.15) is 0 Å². The fourth-order valence-corrected chi connectivity index (χ4v) is 2.14. The van der Waals surface area contributed by atoms with E-state index in [2.05, 4.69) is 5.32 Å². The van der Waals surface area contributed by atoms with Crippen molar-refractivity contribution in [3.63, 3.8) is 0 Å². The van der Waals surface area contributed by atoms with E-state index in [1.807, 2.05) is 51.1 Å². The zero-order chi connectivity index (χ0) is 14.5. The largest absolute Gasteiger partial charge is 0.508 e. The lowest BCUT2D eigenvalue weighted by Gasteiger charge is -2.12. The topological polar surface area (TPSA) is 41.5 Å². The SMILES string of the molecule is CCOc1ccc(NCc2cc(C)ccc2O)c(C)c1. The van der Waals surface area contributed by atoms with Crippen molar-refractivity contribution in [3.8, 4) is 11.5 Å². The molecule has 2 aromatic carbocycles. The van der Waals surface area contributed by atoms with Crippen molar-refractivity contribution in [1.82, 2.24) is 0 Å². The van der Waals surface area contributed by atoms with Crippen LogP contribution in [0.2, 0.25) is 0 Å². The van der Waals surface area contributed by atoms with Gasteiger partial charge in [0.15, 0.2) is 0 Å². The predicted octanol–water partition coefficient (Wildman–Crippen LogP) is 4.02. The number of rotatable bonds is 5. The normalized spacial score (nSPS) is 10.3. The van der Waals surface area contributed by atoms with E-state index in [0.717, 1.165) is 28.1 Å². The van der Waals surface area contributed by atoms with Gasteiger partial charge in [0.2, 0.25) is 0 Å². The Labute approximate surface area is 120 Å². The van der Waals surface area contributed by atoms with Crippen molar-refractivity contribution in [2.24, 2.45) is 0 Å². The Morgan fingerprint density at radius 2 is 1.90 bits per heavy atom. The van der Waals surface area contributed by atoms with E-state index in [0.29, 0.717) is 18.9 Å². The quantitative estimate of drug-likeness (QED) is 0.863. The minimum absolute atomic E-state index is 0.326. The highest BCUT2D eigenvalue weighted by Gasteiger charge is 2.04. The average Bonchev–Trinajstić information content (AvgIpc) is 2.42. The van der Waals surface area contributed by atoms with Gasteiger partial charge in [-0.05, 0) is 50.6 Å². The van der Waals surface area contributed by atoms with Crippen LogP contribution in [0.1, 0.15) is 23.6 Å². The van der Waals surface area contributed by atoms with E-state index in [9.17, 15) is 5.11 Å². The molecule has 0 saturated carbocycles. The van der Waals surface area contributed by atoms with Gasteiger partial charge in [-0.1, -0.05) is 17.7 Å². The number of hydrogen-bond acceptors (Lipinski definition) is 3. The molecule has 0 aliphatic carbocycles. The maximum atomic E-state index is 9.84. The number of nitrogens with one attached hydrogen (secondary N) is 1. The minimum Gasteiger partial charge on any atom is -0.508 e. The van der Waals surface area contributed by atoms with Crippen LogP contribution >= 0.6 is 0 Å². The third-order valence-corrected chi connectivity index (χ3v) is 3.21. The van der Waals surface area contributed by atoms with E-state index in [1.165, 1.54) is 0 Å². The van der Waals surface area contributed by atoms with Crippen molar-refractivity contribution in [3.05, 3.63) is 53.1 Å². The van der Waals surface area contributed by atoms with Gasteiger partial charge in [-0.15, -0.1) is 0 Å². The molecule has 0 fully saturated rings. The fourth-order valence-electron chi connectivity index (χ4n) is 2.14. The summed E-state index contributed by atoms with van der Waals surface area (Å²) in [5.74, 6) is 1.21. The third-order valence-electron chi connectivity index (χ3n) is 3.21. The van der Waals surface area contributed by atoms with Crippen LogP contribution in [0.15, 0.2) is 36.4 Å². The molecule has 0 atom stereocenters. The van der Waals surface area contributed by atoms with Gasteiger partial charge in [-0.25, -0.2) is 0 Å². The maximum Gasteiger partial charge on any atom is 0.120 e. The van der Waals surface area contributed by atoms with Gasteiger partial charge in [-0.3, -0.25) is 0 Å². The number of aromatic hydroxyl groups is 1. The Morgan fingerprint density at radius 1 is 1.10 bits per heavy atom. The fraction of sp³-hybridized carbons (Fsp3) is 0.294. The summed E-state index contributed by atoms with van der Waals surface area (Å²) in [4.78, 5) is 0. The highest BCUT2D eigenvalue weighted by atomic mass is 16.5. The van der Waals surface area contributed by atoms with E-state index in [1.54, 1.807) is 6.07 Å². The first-order chi connectivity index (χ1) is 9.60. The van der Waals surface area contributed by atoms with Gasteiger partial charge in [0, 0.05) is 17.8 Å². The Kier molecular flexibility index (Phi) is 4.51. The molecule has 0 amide bonds. The molecule has 2 N–H and O–H groups in total. The number of phenolic OH excluding ortho intramolecular Hbond substituents is 1. The maximum absolute atomic E-state index is 9.84. The molecule has 0 radical (unpaired) electrons. The second kappa shape index (κ2) is 6.33. The van der Waals surface area contributed by atoms with Crippen LogP contribution < -0.4 is 10.1 Å². The van der Waals surface area contributed by atoms with Crippen molar-refractivity contribution < 1.29 is 9.84 Å². The van der Waals surface area contributed by atoms with Gasteiger partial charge in [0.1, 0.15) is 11.5 Å². The number of benzene rings is 2. The Balaban J connectivity index is 2.09. The second-order valence-electron chi connectivity index (χ2n) is 4.90. The number of phenols is 1. The summed E-state index contributed by atoms with van der Waals surface area (Å²) < 4.78 is 5.47. The molecule has 0 aliphatic heterocycles. The first-order valence-corrected chi connectivity index (χ1v) is 6.86. The van der Waals surface area contributed by atoms with E-state index >= 15 is 0 Å². The lowest BCUT2D eigenvalue weighted by Crippen LogP contribution is -2.02. The van der Waals surface area contributed by atoms with Gasteiger partial charge in [0.05, 0.1) is 6.61 Å². The molecule has 2 aromatic rings. The van der Waals surface area contributed by atoms with Crippen LogP contribution in [0.3, 0.4) is 0 Å². The first kappa shape index (κ1) is 14.3. The summed E-state index contributed by atoms with van der Waals surface area (Å²) in [5.41, 5.74) is 4.22. The number of hydrogen-bond donors (Lipinski definition) is 2. The Hall–Kier alpha value is -2.16. The molecular weight excluding hydrogens is 250 g/mol. The molecule has 3 heteroatoms. The number of anilines is 1. The molecule has 2 rings (SSSR count). The monoisotopic (exact) mass is 271 g/mol. The molecule has 0 spiro atoms. The molecule has 0 heterocycles. The molecule has 0 aromatic heterocycles. The first-order valence-electron chi connectivity index (χ1n) is 6.86. The molecule has 20 heavy (non-hydrogen) atoms. The van der Waals surface area contributed by atoms with Gasteiger partial charge >= 0.3 is 0 Å². The number of aryl methyl sites for hydroxylation is 2. The van der Waals surface area contributed by atoms with Crippen molar-refractivity contribution in [2.45, 2.75) is 27.3 Å². The molecule has 3 nitrogen and oxygen atoms in total. The number of ether oxygens (including phenoxy) is 1. The summed E-state index contributed by atoms with van der Waals surface area (Å²) in [5, 5.41) is 13.2. The smallest absolute Gasteiger partial charge is 0.120 e. The standard InChI is InChI=1S/C17H21NO2/c1-4-20-15-6-7-16(13(3)10-15)18-11-14-9-12(2)5-8-17(14)19/h5-10,18-19H,4,11H2,1-3H3. The van der Waals surface area contributed by atoms with E-state index in [4.69, 9.17) is 4.74 Å². The highest BCUT2D eigenvalue weighted by Crippen LogP contribution is 2.24. The summed E-state index contributed by atoms with van der Waals surface area (Å²) in [7, 11) is 0. The zero-order valence-electron chi connectivity index (χ0n) is 12.2. The summed E-state index contributed by atoms with van der Waals surface area (Å²) in [6.45, 7) is 7.31. The van der Waals surface area contributed by atoms with Crippen LogP contribution in [0, 0.1) is 13.8 Å². The summed E-state index contributed by atoms with van der Waals surface area (Å²) >= 11 is 0. The van der Waals surface area contributed by atoms with Crippen molar-refractivity contribution in [1.29, 1.82) is 0 Å². The Bertz CT molecular complexity index is 594. The van der Waals surface area contributed by atoms with Crippen LogP contribution in [0.4, 0.5) is 5.69 Å². The molecular formula is C17H21NO2. The van der Waals surface area contributed by atoms with Crippen LogP contribution in [-0.2, 0) is 6.54 Å². The van der Waals surface area contributed by atoms with Crippen LogP contribution in [0.25, 0.3) is 0 Å². The molecule has 0 unspecified atom stereocenters. The van der Waals surface area contributed by atoms with Crippen molar-refractivity contribution in [2.75, 3.05) is 11.9 Å². The zero-order valence-corrected chi connectivity index (χ0v) is 12.2. The molecule has 0 aliphatic rings. The summed E-state index contributed by atoms with van der Waals surface area (Å²) in [6, 6.07) is 11.6. The van der Waals surface area contributed by atoms with Gasteiger partial charge in [0.25, 0.3) is 0 Å². The molecule has 0 bridgehead atoms. The van der Waals surface area contributed by atoms with Crippen LogP contribution in [0.5, 0.6) is 11.5 Å². The highest BCUT2D eigenvalue weighted by molar-refractivity contribution is 5.54. The van der Waals surface area contributed by atoms with Gasteiger partial charge < -0.3 is 15.2 Å². The Morgan fingerprint density at radius 3 is 2.60 bits per heavy atom. The third kappa shape index (κ3) is 3.44. The van der Waals surface area contributed by atoms with Crippen molar-refractivity contribution >= 4 is 5.69 Å².